The normalized spacial score (nSPS) is 12.9. The van der Waals surface area contributed by atoms with E-state index in [0.717, 1.165) is 44.6 Å². The molecular formula is C54H35N3S. The average Bonchev–Trinajstić information content (AvgIpc) is 3.30. The Morgan fingerprint density at radius 2 is 0.931 bits per heavy atom. The summed E-state index contributed by atoms with van der Waals surface area (Å²) >= 11 is 1.85. The predicted octanol–water partition coefficient (Wildman–Crippen LogP) is 13.7. The van der Waals surface area contributed by atoms with Crippen molar-refractivity contribution in [2.75, 3.05) is 0 Å². The van der Waals surface area contributed by atoms with E-state index in [9.17, 15) is 0 Å². The minimum absolute atomic E-state index is 0.576. The third kappa shape index (κ3) is 5.64. The first-order valence-electron chi connectivity index (χ1n) is 19.6. The molecule has 2 aromatic heterocycles. The molecule has 4 heteroatoms. The molecule has 10 aromatic rings. The number of rotatable bonds is 6. The first-order chi connectivity index (χ1) is 28.7. The van der Waals surface area contributed by atoms with Crippen molar-refractivity contribution in [3.05, 3.63) is 235 Å². The smallest absolute Gasteiger partial charge is 0.160 e. The van der Waals surface area contributed by atoms with Crippen molar-refractivity contribution in [1.82, 2.24) is 15.0 Å². The number of pyridine rings is 1. The van der Waals surface area contributed by atoms with Crippen LogP contribution in [0.2, 0.25) is 0 Å². The van der Waals surface area contributed by atoms with Gasteiger partial charge in [0, 0.05) is 49.8 Å². The van der Waals surface area contributed by atoms with Crippen LogP contribution >= 0.6 is 11.8 Å². The number of hydrogen-bond acceptors (Lipinski definition) is 4. The molecule has 0 bridgehead atoms. The van der Waals surface area contributed by atoms with Gasteiger partial charge in [-0.25, -0.2) is 9.97 Å². The van der Waals surface area contributed by atoms with Crippen LogP contribution in [0.15, 0.2) is 222 Å². The lowest BCUT2D eigenvalue weighted by Gasteiger charge is -2.42. The first kappa shape index (κ1) is 34.1. The third-order valence-electron chi connectivity index (χ3n) is 11.5. The summed E-state index contributed by atoms with van der Waals surface area (Å²) in [5, 5.41) is 4.68. The molecule has 0 N–H and O–H groups in total. The maximum Gasteiger partial charge on any atom is 0.160 e. The molecule has 0 spiro atoms. The van der Waals surface area contributed by atoms with Gasteiger partial charge in [0.2, 0.25) is 0 Å². The Labute approximate surface area is 341 Å². The van der Waals surface area contributed by atoms with Crippen molar-refractivity contribution in [2.45, 2.75) is 15.2 Å². The van der Waals surface area contributed by atoms with Crippen LogP contribution in [0.5, 0.6) is 0 Å². The topological polar surface area (TPSA) is 38.7 Å². The molecule has 3 nitrogen and oxygen atoms in total. The summed E-state index contributed by atoms with van der Waals surface area (Å²) in [7, 11) is 0. The summed E-state index contributed by atoms with van der Waals surface area (Å²) in [6, 6.07) is 71.8. The third-order valence-corrected chi connectivity index (χ3v) is 12.7. The van der Waals surface area contributed by atoms with E-state index in [1.807, 2.05) is 30.2 Å². The number of hydrogen-bond donors (Lipinski definition) is 0. The Morgan fingerprint density at radius 3 is 1.64 bits per heavy atom. The Balaban J connectivity index is 1.09. The number of benzene rings is 8. The highest BCUT2D eigenvalue weighted by Crippen LogP contribution is 2.56. The second-order valence-corrected chi connectivity index (χ2v) is 15.8. The highest BCUT2D eigenvalue weighted by Gasteiger charge is 2.44. The fraction of sp³-hybridized carbons (Fsp3) is 0.0185. The number of fused-ring (bicyclic) bond motifs is 4. The second-order valence-electron chi connectivity index (χ2n) is 14.8. The zero-order valence-corrected chi connectivity index (χ0v) is 32.3. The summed E-state index contributed by atoms with van der Waals surface area (Å²) in [6.07, 6.45) is 3.92. The molecule has 1 aliphatic heterocycles. The van der Waals surface area contributed by atoms with Crippen molar-refractivity contribution in [3.8, 4) is 45.0 Å². The predicted molar refractivity (Wildman–Crippen MR) is 239 cm³/mol. The lowest BCUT2D eigenvalue weighted by molar-refractivity contribution is 0.703. The zero-order valence-electron chi connectivity index (χ0n) is 31.5. The fourth-order valence-electron chi connectivity index (χ4n) is 8.82. The van der Waals surface area contributed by atoms with Crippen molar-refractivity contribution < 1.29 is 0 Å². The van der Waals surface area contributed by atoms with Crippen LogP contribution in [0, 0.1) is 0 Å². The van der Waals surface area contributed by atoms with Gasteiger partial charge in [-0.3, -0.25) is 4.98 Å². The van der Waals surface area contributed by atoms with Crippen LogP contribution in [0.3, 0.4) is 0 Å². The molecule has 3 heterocycles. The molecule has 0 radical (unpaired) electrons. The summed E-state index contributed by atoms with van der Waals surface area (Å²) < 4.78 is 0. The highest BCUT2D eigenvalue weighted by molar-refractivity contribution is 7.99. The van der Waals surface area contributed by atoms with E-state index in [1.165, 1.54) is 48.2 Å². The van der Waals surface area contributed by atoms with Crippen molar-refractivity contribution in [2.24, 2.45) is 0 Å². The highest BCUT2D eigenvalue weighted by atomic mass is 32.2. The molecule has 11 rings (SSSR count). The fourth-order valence-corrected chi connectivity index (χ4v) is 10.0. The van der Waals surface area contributed by atoms with E-state index >= 15 is 0 Å². The SMILES string of the molecule is c1ccc(-c2cc(-c3cccc4ccccc34)nc(-c3ccc(C4(c5ccc(-c6cncc7ccccc67)cc5)c5ccccc5Sc5ccccc54)cc3)n2)cc1. The van der Waals surface area contributed by atoms with E-state index in [1.54, 1.807) is 0 Å². The molecule has 0 amide bonds. The average molecular weight is 758 g/mol. The van der Waals surface area contributed by atoms with Crippen LogP contribution in [0.25, 0.3) is 66.6 Å². The van der Waals surface area contributed by atoms with Crippen LogP contribution in [0.1, 0.15) is 22.3 Å². The van der Waals surface area contributed by atoms with Gasteiger partial charge in [-0.1, -0.05) is 194 Å². The Bertz CT molecular complexity index is 3080. The Morgan fingerprint density at radius 1 is 0.379 bits per heavy atom. The van der Waals surface area contributed by atoms with Gasteiger partial charge in [0.15, 0.2) is 5.82 Å². The van der Waals surface area contributed by atoms with Crippen molar-refractivity contribution in [3.63, 3.8) is 0 Å². The van der Waals surface area contributed by atoms with Gasteiger partial charge in [0.1, 0.15) is 0 Å². The van der Waals surface area contributed by atoms with E-state index < -0.39 is 5.41 Å². The van der Waals surface area contributed by atoms with Crippen LogP contribution in [0.4, 0.5) is 0 Å². The molecule has 0 atom stereocenters. The van der Waals surface area contributed by atoms with Crippen molar-refractivity contribution >= 4 is 33.3 Å². The lowest BCUT2D eigenvalue weighted by Crippen LogP contribution is -2.34. The first-order valence-corrected chi connectivity index (χ1v) is 20.4. The quantitative estimate of drug-likeness (QED) is 0.169. The van der Waals surface area contributed by atoms with Gasteiger partial charge in [-0.2, -0.15) is 0 Å². The summed E-state index contributed by atoms with van der Waals surface area (Å²) in [5.41, 5.74) is 11.5. The second kappa shape index (κ2) is 14.1. The summed E-state index contributed by atoms with van der Waals surface area (Å²) in [6.45, 7) is 0. The Hall–Kier alpha value is -7.14. The van der Waals surface area contributed by atoms with Gasteiger partial charge in [0.05, 0.1) is 16.8 Å². The maximum atomic E-state index is 5.28. The van der Waals surface area contributed by atoms with Gasteiger partial charge < -0.3 is 0 Å². The van der Waals surface area contributed by atoms with Crippen LogP contribution < -0.4 is 0 Å². The minimum atomic E-state index is -0.576. The monoisotopic (exact) mass is 757 g/mol. The molecule has 0 fully saturated rings. The largest absolute Gasteiger partial charge is 0.263 e. The van der Waals surface area contributed by atoms with E-state index in [4.69, 9.17) is 9.97 Å². The van der Waals surface area contributed by atoms with Crippen LogP contribution in [-0.4, -0.2) is 15.0 Å². The molecule has 272 valence electrons. The van der Waals surface area contributed by atoms with Crippen molar-refractivity contribution in [1.29, 1.82) is 0 Å². The van der Waals surface area contributed by atoms with Gasteiger partial charge in [-0.05, 0) is 62.2 Å². The van der Waals surface area contributed by atoms with Crippen LogP contribution in [-0.2, 0) is 5.41 Å². The molecule has 0 aliphatic carbocycles. The maximum absolute atomic E-state index is 5.28. The molecule has 0 unspecified atom stereocenters. The van der Waals surface area contributed by atoms with Gasteiger partial charge in [-0.15, -0.1) is 0 Å². The lowest BCUT2D eigenvalue weighted by atomic mass is 9.64. The molecule has 58 heavy (non-hydrogen) atoms. The minimum Gasteiger partial charge on any atom is -0.263 e. The summed E-state index contributed by atoms with van der Waals surface area (Å²) in [4.78, 5) is 17.6. The molecule has 1 aliphatic rings. The zero-order chi connectivity index (χ0) is 38.5. The van der Waals surface area contributed by atoms with E-state index in [0.29, 0.717) is 5.82 Å². The van der Waals surface area contributed by atoms with E-state index in [-0.39, 0.29) is 0 Å². The Kier molecular flexibility index (Phi) is 8.30. The van der Waals surface area contributed by atoms with Gasteiger partial charge >= 0.3 is 0 Å². The number of nitrogens with zero attached hydrogens (tertiary/aromatic N) is 3. The standard InChI is InChI=1S/C54H35N3S/c1-2-14-38(15-3-1)49-33-50(45-20-12-17-36-13-4-6-18-43(36)45)57-53(56-49)39-27-31-42(32-28-39)54(47-21-8-10-23-51(47)58-52-24-11-9-22-48(52)54)41-29-25-37(26-30-41)46-35-55-34-40-16-5-7-19-44(40)46/h1-35H. The van der Waals surface area contributed by atoms with Gasteiger partial charge in [0.25, 0.3) is 0 Å². The molecular weight excluding hydrogens is 723 g/mol. The molecule has 0 saturated carbocycles. The van der Waals surface area contributed by atoms with E-state index in [2.05, 4.69) is 199 Å². The summed E-state index contributed by atoms with van der Waals surface area (Å²) in [5.74, 6) is 0.693. The molecule has 0 saturated heterocycles. The molecule has 8 aromatic carbocycles. The number of aromatic nitrogens is 3.